The number of ether oxygens (including phenoxy) is 1. The third-order valence-electron chi connectivity index (χ3n) is 6.50. The number of thiophene rings is 1. The number of hydrogen-bond donors (Lipinski definition) is 3. The molecule has 1 heterocycles. The maximum atomic E-state index is 11.2. The number of hydrogen-bond acceptors (Lipinski definition) is 5. The van der Waals surface area contributed by atoms with E-state index in [0.717, 1.165) is 20.9 Å². The van der Waals surface area contributed by atoms with Crippen molar-refractivity contribution in [3.05, 3.63) is 93.2 Å². The number of halogens is 2. The Balaban J connectivity index is 1.38. The highest BCUT2D eigenvalue weighted by atomic mass is 35.5. The van der Waals surface area contributed by atoms with Crippen molar-refractivity contribution in [2.24, 2.45) is 11.8 Å². The van der Waals surface area contributed by atoms with Crippen LogP contribution in [0.1, 0.15) is 37.3 Å². The number of aromatic carboxylic acids is 1. The van der Waals surface area contributed by atoms with E-state index >= 15 is 0 Å². The van der Waals surface area contributed by atoms with Crippen molar-refractivity contribution >= 4 is 40.5 Å². The highest BCUT2D eigenvalue weighted by molar-refractivity contribution is 7.12. The van der Waals surface area contributed by atoms with Gasteiger partial charge in [-0.1, -0.05) is 42.5 Å². The zero-order valence-corrected chi connectivity index (χ0v) is 21.3. The maximum absolute atomic E-state index is 11.2. The first kappa shape index (κ1) is 26.1. The summed E-state index contributed by atoms with van der Waals surface area (Å²) in [6.45, 7) is 0.482. The van der Waals surface area contributed by atoms with Gasteiger partial charge < -0.3 is 20.1 Å². The van der Waals surface area contributed by atoms with Crippen LogP contribution in [-0.4, -0.2) is 44.8 Å². The highest BCUT2D eigenvalue weighted by Gasteiger charge is 2.48. The monoisotopic (exact) mass is 534 g/mol. The van der Waals surface area contributed by atoms with Crippen LogP contribution in [-0.2, 0) is 24.2 Å². The van der Waals surface area contributed by atoms with E-state index in [1.165, 1.54) is 6.07 Å². The molecule has 1 fully saturated rings. The second-order valence-electron chi connectivity index (χ2n) is 8.94. The molecule has 0 spiro atoms. The second kappa shape index (κ2) is 11.9. The lowest BCUT2D eigenvalue weighted by molar-refractivity contribution is 0.0224. The van der Waals surface area contributed by atoms with Crippen molar-refractivity contribution in [2.75, 3.05) is 6.61 Å². The number of alkyl halides is 2. The molecule has 1 aliphatic rings. The summed E-state index contributed by atoms with van der Waals surface area (Å²) in [6.07, 6.45) is -0.222. The average Bonchev–Trinajstić information content (AvgIpc) is 3.40. The molecule has 8 heteroatoms. The van der Waals surface area contributed by atoms with E-state index in [2.05, 4.69) is 0 Å². The summed E-state index contributed by atoms with van der Waals surface area (Å²) < 4.78 is 5.88. The molecule has 1 aromatic heterocycles. The van der Waals surface area contributed by atoms with Crippen LogP contribution in [0.3, 0.4) is 0 Å². The molecule has 6 atom stereocenters. The second-order valence-corrected chi connectivity index (χ2v) is 11.1. The minimum Gasteiger partial charge on any atom is -0.478 e. The average molecular weight is 535 g/mol. The molecule has 2 aromatic carbocycles. The largest absolute Gasteiger partial charge is 0.478 e. The van der Waals surface area contributed by atoms with Crippen LogP contribution < -0.4 is 0 Å². The quantitative estimate of drug-likeness (QED) is 0.307. The van der Waals surface area contributed by atoms with Gasteiger partial charge in [0.05, 0.1) is 41.7 Å². The Labute approximate surface area is 218 Å². The molecule has 4 rings (SSSR count). The van der Waals surface area contributed by atoms with Crippen molar-refractivity contribution in [1.82, 2.24) is 0 Å². The van der Waals surface area contributed by atoms with E-state index in [4.69, 9.17) is 33.0 Å². The minimum atomic E-state index is -0.989. The molecule has 1 saturated carbocycles. The van der Waals surface area contributed by atoms with Crippen LogP contribution in [0.15, 0.2) is 66.7 Å². The normalized spacial score (nSPS) is 25.0. The Morgan fingerprint density at radius 2 is 1.71 bits per heavy atom. The highest BCUT2D eigenvalue weighted by Crippen LogP contribution is 2.42. The first-order valence-electron chi connectivity index (χ1n) is 11.5. The molecule has 35 heavy (non-hydrogen) atoms. The fourth-order valence-electron chi connectivity index (χ4n) is 4.60. The van der Waals surface area contributed by atoms with Gasteiger partial charge in [-0.3, -0.25) is 0 Å². The van der Waals surface area contributed by atoms with Crippen molar-refractivity contribution < 1.29 is 24.9 Å². The third-order valence-corrected chi connectivity index (χ3v) is 8.96. The number of carbonyl (C=O) groups is 1. The molecular weight excluding hydrogens is 507 g/mol. The van der Waals surface area contributed by atoms with Gasteiger partial charge in [0.2, 0.25) is 0 Å². The molecule has 3 N–H and O–H groups in total. The number of carboxylic acids is 1. The fourth-order valence-corrected chi connectivity index (χ4v) is 6.47. The van der Waals surface area contributed by atoms with Gasteiger partial charge in [0.15, 0.2) is 0 Å². The van der Waals surface area contributed by atoms with E-state index in [0.29, 0.717) is 12.8 Å². The van der Waals surface area contributed by atoms with Gasteiger partial charge in [0, 0.05) is 22.1 Å². The molecule has 0 bridgehead atoms. The molecular formula is C27H28Cl2O5S. The van der Waals surface area contributed by atoms with Gasteiger partial charge in [0.25, 0.3) is 0 Å². The summed E-state index contributed by atoms with van der Waals surface area (Å²) in [5, 5.41) is 29.6. The van der Waals surface area contributed by atoms with E-state index in [1.807, 2.05) is 42.5 Å². The molecule has 0 aliphatic heterocycles. The smallest absolute Gasteiger partial charge is 0.335 e. The Hall–Kier alpha value is -1.93. The van der Waals surface area contributed by atoms with Crippen LogP contribution in [0.5, 0.6) is 0 Å². The molecule has 3 aromatic rings. The lowest BCUT2D eigenvalue weighted by atomic mass is 9.91. The Morgan fingerprint density at radius 1 is 0.971 bits per heavy atom. The Bertz CT molecular complexity index is 1120. The van der Waals surface area contributed by atoms with Crippen molar-refractivity contribution in [3.63, 3.8) is 0 Å². The lowest BCUT2D eigenvalue weighted by Gasteiger charge is -2.22. The van der Waals surface area contributed by atoms with E-state index in [1.54, 1.807) is 29.5 Å². The number of aliphatic hydroxyl groups is 2. The summed E-state index contributed by atoms with van der Waals surface area (Å²) in [7, 11) is 0. The van der Waals surface area contributed by atoms with Gasteiger partial charge in [-0.15, -0.1) is 34.5 Å². The van der Waals surface area contributed by atoms with Crippen molar-refractivity contribution in [2.45, 2.75) is 42.4 Å². The van der Waals surface area contributed by atoms with Gasteiger partial charge in [-0.05, 0) is 47.7 Å². The lowest BCUT2D eigenvalue weighted by Crippen LogP contribution is -2.28. The predicted octanol–water partition coefficient (Wildman–Crippen LogP) is 5.30. The predicted molar refractivity (Wildman–Crippen MR) is 138 cm³/mol. The molecule has 5 unspecified atom stereocenters. The minimum absolute atomic E-state index is 0.0997. The fraction of sp³-hybridized carbons (Fsp3) is 0.370. The number of rotatable bonds is 10. The molecule has 0 saturated heterocycles. The Kier molecular flexibility index (Phi) is 8.87. The SMILES string of the molecule is O=C(O)c1cccc(COC[C@H]2C(O)C(Cl)C(Cl)C2Cc2ccc(C(O)Cc3ccccc3)s2)c1. The van der Waals surface area contributed by atoms with Gasteiger partial charge in [-0.2, -0.15) is 0 Å². The van der Waals surface area contributed by atoms with Gasteiger partial charge >= 0.3 is 5.97 Å². The van der Waals surface area contributed by atoms with Crippen LogP contribution >= 0.6 is 34.5 Å². The van der Waals surface area contributed by atoms with E-state index < -0.39 is 28.9 Å². The molecule has 5 nitrogen and oxygen atoms in total. The van der Waals surface area contributed by atoms with E-state index in [-0.39, 0.29) is 30.6 Å². The summed E-state index contributed by atoms with van der Waals surface area (Å²) in [5.74, 6) is -1.35. The molecule has 0 amide bonds. The number of benzene rings is 2. The first-order valence-corrected chi connectivity index (χ1v) is 13.2. The topological polar surface area (TPSA) is 87.0 Å². The summed E-state index contributed by atoms with van der Waals surface area (Å²) >= 11 is 14.6. The van der Waals surface area contributed by atoms with Crippen molar-refractivity contribution in [1.29, 1.82) is 0 Å². The van der Waals surface area contributed by atoms with Gasteiger partial charge in [-0.25, -0.2) is 4.79 Å². The van der Waals surface area contributed by atoms with E-state index in [9.17, 15) is 15.0 Å². The van der Waals surface area contributed by atoms with Gasteiger partial charge in [0.1, 0.15) is 0 Å². The standard InChI is InChI=1S/C27H28Cl2O5S/c28-24-20(13-19-9-10-23(35-19)22(30)12-16-5-2-1-3-6-16)21(26(31)25(24)29)15-34-14-17-7-4-8-18(11-17)27(32)33/h1-11,20-22,24-26,30-31H,12-15H2,(H,32,33)/t20?,21-,22?,24?,25?,26?/m1/s1. The number of carboxylic acid groups (broad SMARTS) is 1. The summed E-state index contributed by atoms with van der Waals surface area (Å²) in [5.41, 5.74) is 2.02. The number of aliphatic hydroxyl groups excluding tert-OH is 2. The van der Waals surface area contributed by atoms with Crippen LogP contribution in [0.25, 0.3) is 0 Å². The Morgan fingerprint density at radius 3 is 2.46 bits per heavy atom. The van der Waals surface area contributed by atoms with Crippen molar-refractivity contribution in [3.8, 4) is 0 Å². The molecule has 186 valence electrons. The summed E-state index contributed by atoms with van der Waals surface area (Å²) in [4.78, 5) is 13.1. The zero-order chi connectivity index (χ0) is 24.9. The van der Waals surface area contributed by atoms with Crippen LogP contribution in [0.4, 0.5) is 0 Å². The third kappa shape index (κ3) is 6.45. The molecule has 0 radical (unpaired) electrons. The van der Waals surface area contributed by atoms with Crippen LogP contribution in [0.2, 0.25) is 0 Å². The summed E-state index contributed by atoms with van der Waals surface area (Å²) in [6, 6.07) is 20.4. The maximum Gasteiger partial charge on any atom is 0.335 e. The van der Waals surface area contributed by atoms with Crippen LogP contribution in [0, 0.1) is 11.8 Å². The molecule has 1 aliphatic carbocycles. The first-order chi connectivity index (χ1) is 16.8. The zero-order valence-electron chi connectivity index (χ0n) is 19.0.